The average Bonchev–Trinajstić information content (AvgIpc) is 2.80. The number of aryl methyl sites for hydroxylation is 1. The van der Waals surface area contributed by atoms with Gasteiger partial charge >= 0.3 is 0 Å². The summed E-state index contributed by atoms with van der Waals surface area (Å²) in [4.78, 5) is 1.47. The summed E-state index contributed by atoms with van der Waals surface area (Å²) in [5.74, 6) is 0.699. The van der Waals surface area contributed by atoms with Crippen molar-refractivity contribution in [2.45, 2.75) is 39.8 Å². The third-order valence-corrected chi connectivity index (χ3v) is 3.40. The number of nitrogens with one attached hydrogen (secondary N) is 1. The van der Waals surface area contributed by atoms with Gasteiger partial charge in [-0.25, -0.2) is 0 Å². The lowest BCUT2D eigenvalue weighted by molar-refractivity contribution is 0.309. The molecule has 21 heavy (non-hydrogen) atoms. The van der Waals surface area contributed by atoms with Crippen LogP contribution < -0.4 is 5.32 Å². The van der Waals surface area contributed by atoms with Crippen LogP contribution in [-0.4, -0.2) is 20.2 Å². The minimum atomic E-state index is 0.215. The monoisotopic (exact) mass is 307 g/mol. The Kier molecular flexibility index (Phi) is 4.96. The van der Waals surface area contributed by atoms with Crippen LogP contribution in [-0.2, 0) is 13.6 Å². The third kappa shape index (κ3) is 5.10. The van der Waals surface area contributed by atoms with Crippen LogP contribution in [0.3, 0.4) is 0 Å². The molecule has 1 unspecified atom stereocenters. The normalized spacial score (nSPS) is 13.4. The first kappa shape index (κ1) is 15.9. The summed E-state index contributed by atoms with van der Waals surface area (Å²) in [7, 11) is 1.77. The highest BCUT2D eigenvalue weighted by Crippen LogP contribution is 2.30. The topological polar surface area (TPSA) is 55.6 Å². The lowest BCUT2D eigenvalue weighted by atomic mass is 9.85. The Morgan fingerprint density at radius 1 is 1.24 bits per heavy atom. The van der Waals surface area contributed by atoms with E-state index in [9.17, 15) is 0 Å². The second-order valence-corrected chi connectivity index (χ2v) is 6.88. The fourth-order valence-electron chi connectivity index (χ4n) is 2.22. The molecule has 5 nitrogen and oxygen atoms in total. The van der Waals surface area contributed by atoms with Gasteiger partial charge in [0.05, 0.1) is 13.6 Å². The van der Waals surface area contributed by atoms with Crippen LogP contribution in [0.2, 0.25) is 5.02 Å². The van der Waals surface area contributed by atoms with Gasteiger partial charge in [-0.2, -0.15) is 4.80 Å². The first-order chi connectivity index (χ1) is 9.83. The van der Waals surface area contributed by atoms with Gasteiger partial charge in [-0.1, -0.05) is 44.5 Å². The van der Waals surface area contributed by atoms with E-state index < -0.39 is 0 Å². The number of nitrogens with zero attached hydrogens (tertiary/aromatic N) is 4. The van der Waals surface area contributed by atoms with Gasteiger partial charge in [-0.05, 0) is 34.7 Å². The molecule has 1 atom stereocenters. The predicted molar refractivity (Wildman–Crippen MR) is 83.9 cm³/mol. The molecular formula is C15H22ClN5. The Bertz CT molecular complexity index is 570. The molecule has 1 N–H and O–H groups in total. The van der Waals surface area contributed by atoms with E-state index in [0.717, 1.165) is 11.4 Å². The molecule has 0 spiro atoms. The molecule has 2 aromatic rings. The molecule has 2 rings (SSSR count). The number of benzene rings is 1. The van der Waals surface area contributed by atoms with E-state index in [0.29, 0.717) is 12.4 Å². The molecule has 114 valence electrons. The van der Waals surface area contributed by atoms with Crippen LogP contribution in [0.15, 0.2) is 24.3 Å². The van der Waals surface area contributed by atoms with Crippen molar-refractivity contribution in [1.29, 1.82) is 0 Å². The van der Waals surface area contributed by atoms with Crippen molar-refractivity contribution >= 4 is 11.6 Å². The van der Waals surface area contributed by atoms with Crippen LogP contribution in [0.1, 0.15) is 44.6 Å². The molecular weight excluding hydrogens is 286 g/mol. The number of halogens is 1. The zero-order valence-corrected chi connectivity index (χ0v) is 13.7. The minimum Gasteiger partial charge on any atom is -0.303 e. The molecule has 1 heterocycles. The van der Waals surface area contributed by atoms with E-state index in [2.05, 4.69) is 53.6 Å². The molecule has 0 saturated heterocycles. The van der Waals surface area contributed by atoms with Crippen LogP contribution in [0.25, 0.3) is 0 Å². The summed E-state index contributed by atoms with van der Waals surface area (Å²) >= 11 is 5.97. The fraction of sp³-hybridized carbons (Fsp3) is 0.533. The molecule has 1 aromatic heterocycles. The van der Waals surface area contributed by atoms with Gasteiger partial charge in [0.1, 0.15) is 0 Å². The Morgan fingerprint density at radius 3 is 2.43 bits per heavy atom. The maximum Gasteiger partial charge on any atom is 0.188 e. The van der Waals surface area contributed by atoms with Crippen LogP contribution >= 0.6 is 11.6 Å². The van der Waals surface area contributed by atoms with E-state index in [4.69, 9.17) is 11.6 Å². The number of tetrazole rings is 1. The molecule has 0 saturated carbocycles. The molecule has 0 amide bonds. The van der Waals surface area contributed by atoms with Crippen LogP contribution in [0.4, 0.5) is 0 Å². The van der Waals surface area contributed by atoms with Crippen molar-refractivity contribution in [1.82, 2.24) is 25.5 Å². The first-order valence-electron chi connectivity index (χ1n) is 7.05. The van der Waals surface area contributed by atoms with Gasteiger partial charge in [0, 0.05) is 11.1 Å². The van der Waals surface area contributed by atoms with Gasteiger partial charge in [-0.15, -0.1) is 10.2 Å². The average molecular weight is 308 g/mol. The fourth-order valence-corrected chi connectivity index (χ4v) is 2.35. The Morgan fingerprint density at radius 2 is 1.90 bits per heavy atom. The number of aromatic nitrogens is 4. The highest BCUT2D eigenvalue weighted by molar-refractivity contribution is 6.30. The van der Waals surface area contributed by atoms with Gasteiger partial charge in [0.2, 0.25) is 0 Å². The first-order valence-corrected chi connectivity index (χ1v) is 7.43. The van der Waals surface area contributed by atoms with Crippen molar-refractivity contribution in [2.75, 3.05) is 0 Å². The zero-order chi connectivity index (χ0) is 15.5. The number of hydrogen-bond acceptors (Lipinski definition) is 4. The van der Waals surface area contributed by atoms with Crippen molar-refractivity contribution in [3.63, 3.8) is 0 Å². The van der Waals surface area contributed by atoms with Crippen molar-refractivity contribution in [3.8, 4) is 0 Å². The van der Waals surface area contributed by atoms with Gasteiger partial charge in [0.15, 0.2) is 5.82 Å². The maximum atomic E-state index is 5.97. The molecule has 0 fully saturated rings. The SMILES string of the molecule is Cn1nnc(CNC(CC(C)(C)C)c2ccc(Cl)cc2)n1. The van der Waals surface area contributed by atoms with Crippen molar-refractivity contribution in [3.05, 3.63) is 40.7 Å². The highest BCUT2D eigenvalue weighted by atomic mass is 35.5. The Balaban J connectivity index is 2.10. The summed E-state index contributed by atoms with van der Waals surface area (Å²) in [5.41, 5.74) is 1.44. The van der Waals surface area contributed by atoms with E-state index >= 15 is 0 Å². The molecule has 0 radical (unpaired) electrons. The quantitative estimate of drug-likeness (QED) is 0.922. The molecule has 0 aliphatic rings. The smallest absolute Gasteiger partial charge is 0.188 e. The molecule has 0 aliphatic carbocycles. The third-order valence-electron chi connectivity index (χ3n) is 3.15. The highest BCUT2D eigenvalue weighted by Gasteiger charge is 2.20. The van der Waals surface area contributed by atoms with E-state index in [1.165, 1.54) is 10.4 Å². The predicted octanol–water partition coefficient (Wildman–Crippen LogP) is 3.13. The largest absolute Gasteiger partial charge is 0.303 e. The number of hydrogen-bond donors (Lipinski definition) is 1. The Hall–Kier alpha value is -1.46. The zero-order valence-electron chi connectivity index (χ0n) is 13.0. The second-order valence-electron chi connectivity index (χ2n) is 6.44. The van der Waals surface area contributed by atoms with E-state index in [1.807, 2.05) is 12.1 Å². The van der Waals surface area contributed by atoms with Crippen LogP contribution in [0.5, 0.6) is 0 Å². The van der Waals surface area contributed by atoms with E-state index in [-0.39, 0.29) is 11.5 Å². The summed E-state index contributed by atoms with van der Waals surface area (Å²) in [6, 6.07) is 8.21. The lowest BCUT2D eigenvalue weighted by Crippen LogP contribution is -2.26. The van der Waals surface area contributed by atoms with Gasteiger partial charge in [-0.3, -0.25) is 0 Å². The van der Waals surface area contributed by atoms with Gasteiger partial charge < -0.3 is 5.32 Å². The number of rotatable bonds is 5. The molecule has 6 heteroatoms. The maximum absolute atomic E-state index is 5.97. The van der Waals surface area contributed by atoms with E-state index in [1.54, 1.807) is 7.05 Å². The summed E-state index contributed by atoms with van der Waals surface area (Å²) in [6.45, 7) is 7.30. The molecule has 0 aliphatic heterocycles. The van der Waals surface area contributed by atoms with Crippen molar-refractivity contribution in [2.24, 2.45) is 12.5 Å². The molecule has 0 bridgehead atoms. The summed E-state index contributed by atoms with van der Waals surface area (Å²) < 4.78 is 0. The van der Waals surface area contributed by atoms with Crippen LogP contribution in [0, 0.1) is 5.41 Å². The van der Waals surface area contributed by atoms with Gasteiger partial charge in [0.25, 0.3) is 0 Å². The standard InChI is InChI=1S/C15H22ClN5/c1-15(2,3)9-13(11-5-7-12(16)8-6-11)17-10-14-18-20-21(4)19-14/h5-8,13,17H,9-10H2,1-4H3. The summed E-state index contributed by atoms with van der Waals surface area (Å²) in [6.07, 6.45) is 1.01. The minimum absolute atomic E-state index is 0.215. The summed E-state index contributed by atoms with van der Waals surface area (Å²) in [5, 5.41) is 16.3. The van der Waals surface area contributed by atoms with Crippen molar-refractivity contribution < 1.29 is 0 Å². The second kappa shape index (κ2) is 6.54. The lowest BCUT2D eigenvalue weighted by Gasteiger charge is -2.27. The molecule has 1 aromatic carbocycles. The Labute approximate surface area is 130 Å².